The topological polar surface area (TPSA) is 228 Å². The van der Waals surface area contributed by atoms with E-state index in [1.807, 2.05) is 6.08 Å². The van der Waals surface area contributed by atoms with Crippen LogP contribution in [-0.4, -0.2) is 140 Å². The summed E-state index contributed by atoms with van der Waals surface area (Å²) >= 11 is 0. The summed E-state index contributed by atoms with van der Waals surface area (Å²) in [6.45, 7) is 2.69. The Balaban J connectivity index is 1.69. The average Bonchev–Trinajstić information content (AvgIpc) is 2.07. The van der Waals surface area contributed by atoms with Gasteiger partial charge in [0.05, 0.1) is 32.0 Å². The Kier molecular flexibility index (Phi) is 53.6. The molecule has 0 aliphatic carbocycles. The van der Waals surface area contributed by atoms with E-state index < -0.39 is 86.8 Å². The molecule has 0 saturated carbocycles. The number of carbonyl (C=O) groups is 1. The first-order valence-electron chi connectivity index (χ1n) is 35.8. The zero-order chi connectivity index (χ0) is 63.8. The highest BCUT2D eigenvalue weighted by atomic mass is 16.7. The van der Waals surface area contributed by atoms with Gasteiger partial charge in [0.1, 0.15) is 48.8 Å². The van der Waals surface area contributed by atoms with Crippen LogP contribution in [0, 0.1) is 0 Å². The molecule has 2 aliphatic heterocycles. The Bertz CT molecular complexity index is 1800. The SMILES string of the molecule is CC/C=C\C/C=C\C/C=C\C/C=C\CCCCCCCCCCCCCCCCCCC(=O)NC(COC1OC(CO)C(OC2OC(CO)C(O)C(O)C2O)C(O)C1O)C(O)/C=C/CC/C=C/CC/C=C/CCCCCCCCCCCCCCCCC. The quantitative estimate of drug-likeness (QED) is 0.0204. The van der Waals surface area contributed by atoms with Crippen molar-refractivity contribution in [1.29, 1.82) is 0 Å². The molecule has 0 aromatic heterocycles. The Morgan fingerprint density at radius 1 is 0.420 bits per heavy atom. The van der Waals surface area contributed by atoms with Gasteiger partial charge in [-0.15, -0.1) is 0 Å². The molecule has 2 rings (SSSR count). The number of hydrogen-bond donors (Lipinski definition) is 9. The molecule has 12 atom stereocenters. The van der Waals surface area contributed by atoms with Crippen molar-refractivity contribution in [2.75, 3.05) is 19.8 Å². The molecule has 2 saturated heterocycles. The number of nitrogens with one attached hydrogen (secondary N) is 1. The zero-order valence-electron chi connectivity index (χ0n) is 55.4. The van der Waals surface area contributed by atoms with Crippen molar-refractivity contribution in [1.82, 2.24) is 5.32 Å². The van der Waals surface area contributed by atoms with Crippen LogP contribution in [0.15, 0.2) is 85.1 Å². The number of carbonyl (C=O) groups excluding carboxylic acids is 1. The van der Waals surface area contributed by atoms with Gasteiger partial charge in [0.2, 0.25) is 5.91 Å². The van der Waals surface area contributed by atoms with Crippen molar-refractivity contribution in [3.8, 4) is 0 Å². The number of aliphatic hydroxyl groups excluding tert-OH is 8. The van der Waals surface area contributed by atoms with Crippen LogP contribution in [0.1, 0.15) is 284 Å². The molecule has 0 radical (unpaired) electrons. The van der Waals surface area contributed by atoms with E-state index in [9.17, 15) is 45.6 Å². The molecule has 1 amide bonds. The summed E-state index contributed by atoms with van der Waals surface area (Å²) in [5.41, 5.74) is 0. The highest BCUT2D eigenvalue weighted by molar-refractivity contribution is 5.76. The van der Waals surface area contributed by atoms with Gasteiger partial charge in [0.15, 0.2) is 12.6 Å². The first kappa shape index (κ1) is 81.3. The van der Waals surface area contributed by atoms with E-state index in [2.05, 4.69) is 92.1 Å². The Morgan fingerprint density at radius 2 is 0.795 bits per heavy atom. The van der Waals surface area contributed by atoms with Crippen molar-refractivity contribution in [2.45, 2.75) is 357 Å². The molecule has 0 aromatic rings. The van der Waals surface area contributed by atoms with E-state index in [4.69, 9.17) is 18.9 Å². The minimum atomic E-state index is -1.80. The van der Waals surface area contributed by atoms with Gasteiger partial charge in [0, 0.05) is 6.42 Å². The molecule has 0 bridgehead atoms. The smallest absolute Gasteiger partial charge is 0.220 e. The average molecular weight is 1240 g/mol. The predicted octanol–water partition coefficient (Wildman–Crippen LogP) is 14.8. The molecule has 9 N–H and O–H groups in total. The number of rotatable bonds is 58. The second-order valence-corrected chi connectivity index (χ2v) is 25.0. The lowest BCUT2D eigenvalue weighted by Crippen LogP contribution is -2.65. The van der Waals surface area contributed by atoms with Crippen LogP contribution in [0.25, 0.3) is 0 Å². The maximum atomic E-state index is 13.3. The first-order chi connectivity index (χ1) is 43.1. The molecular weight excluding hydrogens is 1110 g/mol. The Hall–Kier alpha value is -2.83. The normalized spacial score (nSPS) is 23.7. The third-order valence-electron chi connectivity index (χ3n) is 17.0. The van der Waals surface area contributed by atoms with Gasteiger partial charge in [0.25, 0.3) is 0 Å². The minimum absolute atomic E-state index is 0.253. The van der Waals surface area contributed by atoms with Crippen LogP contribution in [0.3, 0.4) is 0 Å². The van der Waals surface area contributed by atoms with Crippen molar-refractivity contribution in [3.05, 3.63) is 85.1 Å². The molecule has 14 nitrogen and oxygen atoms in total. The van der Waals surface area contributed by atoms with E-state index in [1.165, 1.54) is 180 Å². The van der Waals surface area contributed by atoms with Crippen molar-refractivity contribution < 1.29 is 64.6 Å². The Labute approximate surface area is 535 Å². The fourth-order valence-corrected chi connectivity index (χ4v) is 11.4. The third kappa shape index (κ3) is 41.6. The number of amides is 1. The van der Waals surface area contributed by atoms with Crippen molar-refractivity contribution in [3.63, 3.8) is 0 Å². The van der Waals surface area contributed by atoms with Gasteiger partial charge >= 0.3 is 0 Å². The summed E-state index contributed by atoms with van der Waals surface area (Å²) in [7, 11) is 0. The maximum Gasteiger partial charge on any atom is 0.220 e. The number of aliphatic hydroxyl groups is 8. The lowest BCUT2D eigenvalue weighted by atomic mass is 9.97. The standard InChI is InChI=1S/C74H131NO13/c1-3-5-7-9-11-13-15-17-19-21-23-25-27-29-30-31-32-34-36-38-40-42-44-46-48-50-52-54-56-58-66(79)75-62(61-85-73-71(84)69(82)72(65(60-77)87-73)88-74-70(83)68(81)67(80)64(59-76)86-74)63(78)57-55-53-51-49-47-45-43-41-39-37-35-33-28-26-24-22-20-18-16-14-12-10-8-6-4-2/h5,7,11,13,17,19,23,25,39,41,47,49,55,57,62-65,67-74,76-78,80-84H,3-4,6,8-10,12,14-16,18,20-22,24,26-38,40,42-46,48,50-54,56,58-61H2,1-2H3,(H,75,79)/b7-5-,13-11-,19-17-,25-23-,41-39+,49-47+,57-55+. The molecule has 0 aromatic carbocycles. The van der Waals surface area contributed by atoms with Gasteiger partial charge < -0.3 is 65.1 Å². The van der Waals surface area contributed by atoms with Crippen LogP contribution in [0.5, 0.6) is 0 Å². The van der Waals surface area contributed by atoms with Gasteiger partial charge in [-0.1, -0.05) is 279 Å². The second-order valence-electron chi connectivity index (χ2n) is 25.0. The lowest BCUT2D eigenvalue weighted by molar-refractivity contribution is -0.359. The van der Waals surface area contributed by atoms with Gasteiger partial charge in [-0.25, -0.2) is 0 Å². The largest absolute Gasteiger partial charge is 0.394 e. The fraction of sp³-hybridized carbons (Fsp3) is 0.797. The molecule has 2 fully saturated rings. The molecule has 88 heavy (non-hydrogen) atoms. The van der Waals surface area contributed by atoms with Crippen LogP contribution >= 0.6 is 0 Å². The number of unbranched alkanes of at least 4 members (excludes halogenated alkanes) is 33. The third-order valence-corrected chi connectivity index (χ3v) is 17.0. The molecule has 2 heterocycles. The summed E-state index contributed by atoms with van der Waals surface area (Å²) in [4.78, 5) is 13.3. The minimum Gasteiger partial charge on any atom is -0.394 e. The molecular formula is C74H131NO13. The lowest BCUT2D eigenvalue weighted by Gasteiger charge is -2.46. The van der Waals surface area contributed by atoms with E-state index in [0.29, 0.717) is 12.8 Å². The fourth-order valence-electron chi connectivity index (χ4n) is 11.4. The van der Waals surface area contributed by atoms with Crippen molar-refractivity contribution in [2.24, 2.45) is 0 Å². The van der Waals surface area contributed by atoms with Gasteiger partial charge in [-0.05, 0) is 83.5 Å². The summed E-state index contributed by atoms with van der Waals surface area (Å²) in [6.07, 6.45) is 63.5. The predicted molar refractivity (Wildman–Crippen MR) is 360 cm³/mol. The van der Waals surface area contributed by atoms with Crippen molar-refractivity contribution >= 4 is 5.91 Å². The monoisotopic (exact) mass is 1240 g/mol. The summed E-state index contributed by atoms with van der Waals surface area (Å²) in [5.74, 6) is -0.253. The number of allylic oxidation sites excluding steroid dienone is 13. The van der Waals surface area contributed by atoms with E-state index >= 15 is 0 Å². The summed E-state index contributed by atoms with van der Waals surface area (Å²) < 4.78 is 22.8. The second kappa shape index (κ2) is 58.0. The first-order valence-corrected chi connectivity index (χ1v) is 35.8. The number of ether oxygens (including phenoxy) is 4. The zero-order valence-corrected chi connectivity index (χ0v) is 55.4. The van der Waals surface area contributed by atoms with E-state index in [-0.39, 0.29) is 18.9 Å². The molecule has 2 aliphatic rings. The highest BCUT2D eigenvalue weighted by Gasteiger charge is 2.51. The van der Waals surface area contributed by atoms with Crippen LogP contribution in [0.2, 0.25) is 0 Å². The van der Waals surface area contributed by atoms with Crippen LogP contribution in [-0.2, 0) is 23.7 Å². The van der Waals surface area contributed by atoms with E-state index in [1.54, 1.807) is 6.08 Å². The van der Waals surface area contributed by atoms with Crippen LogP contribution in [0.4, 0.5) is 0 Å². The molecule has 12 unspecified atom stereocenters. The summed E-state index contributed by atoms with van der Waals surface area (Å²) in [6, 6.07) is -0.943. The highest BCUT2D eigenvalue weighted by Crippen LogP contribution is 2.30. The Morgan fingerprint density at radius 3 is 1.25 bits per heavy atom. The van der Waals surface area contributed by atoms with E-state index in [0.717, 1.165) is 70.6 Å². The maximum absolute atomic E-state index is 13.3. The molecule has 0 spiro atoms. The van der Waals surface area contributed by atoms with Crippen LogP contribution < -0.4 is 5.32 Å². The number of hydrogen-bond acceptors (Lipinski definition) is 13. The van der Waals surface area contributed by atoms with Gasteiger partial charge in [-0.2, -0.15) is 0 Å². The van der Waals surface area contributed by atoms with Gasteiger partial charge in [-0.3, -0.25) is 4.79 Å². The molecule has 510 valence electrons. The molecule has 14 heteroatoms. The summed E-state index contributed by atoms with van der Waals surface area (Å²) in [5, 5.41) is 87.4.